The summed E-state index contributed by atoms with van der Waals surface area (Å²) in [4.78, 5) is 0. The van der Waals surface area contributed by atoms with Gasteiger partial charge in [-0.15, -0.1) is 0 Å². The zero-order valence-electron chi connectivity index (χ0n) is 7.93. The maximum atomic E-state index is 8.98. The van der Waals surface area contributed by atoms with Gasteiger partial charge in [0.25, 0.3) is 0 Å². The van der Waals surface area contributed by atoms with E-state index in [0.717, 1.165) is 17.6 Å². The van der Waals surface area contributed by atoms with Crippen molar-refractivity contribution in [2.45, 2.75) is 13.3 Å². The van der Waals surface area contributed by atoms with Gasteiger partial charge in [0.1, 0.15) is 0 Å². The number of rotatable bonds is 3. The number of hydrogen-bond donors (Lipinski definition) is 1. The van der Waals surface area contributed by atoms with Gasteiger partial charge in [0, 0.05) is 0 Å². The van der Waals surface area contributed by atoms with Crippen molar-refractivity contribution in [3.05, 3.63) is 39.4 Å². The fraction of sp³-hybridized carbons (Fsp3) is 0.273. The molecule has 14 heavy (non-hydrogen) atoms. The van der Waals surface area contributed by atoms with E-state index in [-0.39, 0.29) is 6.61 Å². The van der Waals surface area contributed by atoms with Gasteiger partial charge in [0.05, 0.1) is 16.7 Å². The minimum absolute atomic E-state index is 0.0801. The van der Waals surface area contributed by atoms with Gasteiger partial charge in [-0.05, 0) is 29.7 Å². The molecule has 0 fully saturated rings. The highest BCUT2D eigenvalue weighted by Gasteiger charge is 1.98. The molecular formula is C11H12Cl2O. The van der Waals surface area contributed by atoms with Crippen molar-refractivity contribution in [2.75, 3.05) is 6.61 Å². The lowest BCUT2D eigenvalue weighted by atomic mass is 10.1. The Hall–Kier alpha value is -0.500. The Morgan fingerprint density at radius 3 is 2.57 bits per heavy atom. The lowest BCUT2D eigenvalue weighted by molar-refractivity contribution is 0.329. The summed E-state index contributed by atoms with van der Waals surface area (Å²) < 4.78 is 0. The van der Waals surface area contributed by atoms with Gasteiger partial charge in [-0.3, -0.25) is 0 Å². The maximum absolute atomic E-state index is 8.98. The van der Waals surface area contributed by atoms with Crippen LogP contribution in [0.3, 0.4) is 0 Å². The predicted octanol–water partition coefficient (Wildman–Crippen LogP) is 3.78. The number of halogens is 2. The molecule has 0 bridgehead atoms. The fourth-order valence-electron chi connectivity index (χ4n) is 1.10. The van der Waals surface area contributed by atoms with Crippen LogP contribution >= 0.6 is 23.2 Å². The van der Waals surface area contributed by atoms with Gasteiger partial charge in [0.15, 0.2) is 0 Å². The highest BCUT2D eigenvalue weighted by molar-refractivity contribution is 6.42. The number of benzene rings is 1. The van der Waals surface area contributed by atoms with Crippen LogP contribution in [0.4, 0.5) is 0 Å². The van der Waals surface area contributed by atoms with Crippen molar-refractivity contribution < 1.29 is 5.11 Å². The molecule has 0 unspecified atom stereocenters. The van der Waals surface area contributed by atoms with Gasteiger partial charge < -0.3 is 5.11 Å². The summed E-state index contributed by atoms with van der Waals surface area (Å²) in [5.74, 6) is 0. The van der Waals surface area contributed by atoms with E-state index >= 15 is 0 Å². The minimum atomic E-state index is 0.0801. The second kappa shape index (κ2) is 5.40. The van der Waals surface area contributed by atoms with E-state index in [4.69, 9.17) is 28.3 Å². The smallest absolute Gasteiger partial charge is 0.0644 e. The van der Waals surface area contributed by atoms with Crippen LogP contribution in [0.25, 0.3) is 6.08 Å². The normalized spacial score (nSPS) is 11.9. The molecule has 0 saturated carbocycles. The first-order chi connectivity index (χ1) is 6.67. The number of hydrogen-bond acceptors (Lipinski definition) is 1. The third-order valence-electron chi connectivity index (χ3n) is 1.97. The zero-order chi connectivity index (χ0) is 10.6. The molecule has 0 spiro atoms. The molecule has 0 radical (unpaired) electrons. The topological polar surface area (TPSA) is 20.2 Å². The molecule has 3 heteroatoms. The van der Waals surface area contributed by atoms with Gasteiger partial charge in [-0.2, -0.15) is 0 Å². The third kappa shape index (κ3) is 3.02. The van der Waals surface area contributed by atoms with Gasteiger partial charge in [-0.25, -0.2) is 0 Å². The molecule has 0 aliphatic rings. The van der Waals surface area contributed by atoms with Crippen molar-refractivity contribution in [3.8, 4) is 0 Å². The van der Waals surface area contributed by atoms with Crippen LogP contribution in [0.2, 0.25) is 10.0 Å². The van der Waals surface area contributed by atoms with E-state index < -0.39 is 0 Å². The minimum Gasteiger partial charge on any atom is -0.392 e. The molecule has 0 heterocycles. The largest absolute Gasteiger partial charge is 0.392 e. The average Bonchev–Trinajstić information content (AvgIpc) is 2.19. The Morgan fingerprint density at radius 2 is 2.07 bits per heavy atom. The lowest BCUT2D eigenvalue weighted by Gasteiger charge is -2.01. The first-order valence-corrected chi connectivity index (χ1v) is 5.18. The summed E-state index contributed by atoms with van der Waals surface area (Å²) >= 11 is 11.6. The van der Waals surface area contributed by atoms with Gasteiger partial charge >= 0.3 is 0 Å². The van der Waals surface area contributed by atoms with E-state index in [1.54, 1.807) is 12.1 Å². The van der Waals surface area contributed by atoms with E-state index in [9.17, 15) is 0 Å². The molecule has 0 aromatic heterocycles. The summed E-state index contributed by atoms with van der Waals surface area (Å²) in [5.41, 5.74) is 1.94. The van der Waals surface area contributed by atoms with E-state index in [0.29, 0.717) is 10.0 Å². The van der Waals surface area contributed by atoms with E-state index in [1.165, 1.54) is 0 Å². The predicted molar refractivity (Wildman–Crippen MR) is 61.8 cm³/mol. The van der Waals surface area contributed by atoms with Gasteiger partial charge in [-0.1, -0.05) is 42.3 Å². The second-order valence-electron chi connectivity index (χ2n) is 2.99. The summed E-state index contributed by atoms with van der Waals surface area (Å²) in [6.45, 7) is 2.08. The lowest BCUT2D eigenvalue weighted by Crippen LogP contribution is -1.87. The van der Waals surface area contributed by atoms with Crippen LogP contribution in [0.5, 0.6) is 0 Å². The molecule has 1 N–H and O–H groups in total. The molecule has 1 rings (SSSR count). The van der Waals surface area contributed by atoms with E-state index in [1.807, 2.05) is 19.1 Å². The van der Waals surface area contributed by atoms with Crippen molar-refractivity contribution in [3.63, 3.8) is 0 Å². The summed E-state index contributed by atoms with van der Waals surface area (Å²) in [6.07, 6.45) is 2.75. The first-order valence-electron chi connectivity index (χ1n) is 4.42. The van der Waals surface area contributed by atoms with Crippen LogP contribution < -0.4 is 0 Å². The van der Waals surface area contributed by atoms with Crippen molar-refractivity contribution >= 4 is 29.3 Å². The SMILES string of the molecule is CCC(=Cc1ccc(Cl)c(Cl)c1)CO. The monoisotopic (exact) mass is 230 g/mol. The first kappa shape index (κ1) is 11.6. The molecule has 1 aromatic carbocycles. The van der Waals surface area contributed by atoms with Gasteiger partial charge in [0.2, 0.25) is 0 Å². The molecular weight excluding hydrogens is 219 g/mol. The van der Waals surface area contributed by atoms with Crippen LogP contribution in [0.15, 0.2) is 23.8 Å². The quantitative estimate of drug-likeness (QED) is 0.839. The second-order valence-corrected chi connectivity index (χ2v) is 3.80. The molecule has 0 aliphatic heterocycles. The van der Waals surface area contributed by atoms with Crippen LogP contribution in [0, 0.1) is 0 Å². The molecule has 1 aromatic rings. The summed E-state index contributed by atoms with van der Waals surface area (Å²) in [5, 5.41) is 10.1. The Morgan fingerprint density at radius 1 is 1.36 bits per heavy atom. The molecule has 0 aliphatic carbocycles. The van der Waals surface area contributed by atoms with Crippen LogP contribution in [-0.2, 0) is 0 Å². The van der Waals surface area contributed by atoms with Crippen molar-refractivity contribution in [2.24, 2.45) is 0 Å². The molecule has 0 amide bonds. The Bertz CT molecular complexity index is 339. The van der Waals surface area contributed by atoms with Crippen molar-refractivity contribution in [1.82, 2.24) is 0 Å². The summed E-state index contributed by atoms with van der Waals surface area (Å²) in [7, 11) is 0. The standard InChI is InChI=1S/C11H12Cl2O/c1-2-8(7-14)5-9-3-4-10(12)11(13)6-9/h3-6,14H,2,7H2,1H3. The van der Waals surface area contributed by atoms with Crippen LogP contribution in [-0.4, -0.2) is 11.7 Å². The van der Waals surface area contributed by atoms with Crippen molar-refractivity contribution in [1.29, 1.82) is 0 Å². The molecule has 0 saturated heterocycles. The van der Waals surface area contributed by atoms with Crippen LogP contribution in [0.1, 0.15) is 18.9 Å². The summed E-state index contributed by atoms with van der Waals surface area (Å²) in [6, 6.07) is 5.41. The fourth-order valence-corrected chi connectivity index (χ4v) is 1.40. The highest BCUT2D eigenvalue weighted by Crippen LogP contribution is 2.23. The Balaban J connectivity index is 2.97. The molecule has 0 atom stereocenters. The zero-order valence-corrected chi connectivity index (χ0v) is 9.44. The number of aliphatic hydroxyl groups is 1. The Labute approximate surface area is 94.0 Å². The third-order valence-corrected chi connectivity index (χ3v) is 2.71. The average molecular weight is 231 g/mol. The maximum Gasteiger partial charge on any atom is 0.0644 e. The Kier molecular flexibility index (Phi) is 4.46. The highest BCUT2D eigenvalue weighted by atomic mass is 35.5. The molecule has 76 valence electrons. The molecule has 1 nitrogen and oxygen atoms in total. The number of aliphatic hydroxyl groups excluding tert-OH is 1. The van der Waals surface area contributed by atoms with E-state index in [2.05, 4.69) is 0 Å².